The fourth-order valence-corrected chi connectivity index (χ4v) is 2.69. The van der Waals surface area contributed by atoms with Crippen LogP contribution in [-0.4, -0.2) is 24.8 Å². The summed E-state index contributed by atoms with van der Waals surface area (Å²) in [7, 11) is 1.89. The molecule has 0 saturated heterocycles. The van der Waals surface area contributed by atoms with Crippen LogP contribution in [0.1, 0.15) is 33.6 Å². The first-order chi connectivity index (χ1) is 7.92. The summed E-state index contributed by atoms with van der Waals surface area (Å²) < 4.78 is 5.28. The fraction of sp³-hybridized carbons (Fsp3) is 0.769. The van der Waals surface area contributed by atoms with Gasteiger partial charge in [0.1, 0.15) is 5.60 Å². The highest BCUT2D eigenvalue weighted by molar-refractivity contribution is 5.69. The number of nitrogens with one attached hydrogen (secondary N) is 2. The second-order valence-electron chi connectivity index (χ2n) is 5.90. The van der Waals surface area contributed by atoms with Gasteiger partial charge in [-0.2, -0.15) is 0 Å². The maximum absolute atomic E-state index is 11.7. The fourth-order valence-electron chi connectivity index (χ4n) is 2.69. The summed E-state index contributed by atoms with van der Waals surface area (Å²) in [5, 5.41) is 6.02. The Morgan fingerprint density at radius 3 is 2.59 bits per heavy atom. The molecule has 0 radical (unpaired) electrons. The van der Waals surface area contributed by atoms with Gasteiger partial charge in [-0.3, -0.25) is 0 Å². The Morgan fingerprint density at radius 1 is 1.41 bits per heavy atom. The minimum Gasteiger partial charge on any atom is -0.444 e. The topological polar surface area (TPSA) is 50.4 Å². The van der Waals surface area contributed by atoms with Crippen LogP contribution in [0.3, 0.4) is 0 Å². The maximum atomic E-state index is 11.7. The lowest BCUT2D eigenvalue weighted by atomic mass is 9.53. The molecular weight excluding hydrogens is 216 g/mol. The highest BCUT2D eigenvalue weighted by Gasteiger charge is 2.52. The molecule has 2 aliphatic rings. The normalized spacial score (nSPS) is 33.2. The van der Waals surface area contributed by atoms with Crippen molar-refractivity contribution in [1.82, 2.24) is 10.6 Å². The van der Waals surface area contributed by atoms with Gasteiger partial charge in [0.25, 0.3) is 0 Å². The average Bonchev–Trinajstić information content (AvgIpc) is 2.12. The van der Waals surface area contributed by atoms with E-state index in [-0.39, 0.29) is 12.1 Å². The quantitative estimate of drug-likeness (QED) is 0.774. The van der Waals surface area contributed by atoms with Crippen LogP contribution in [0.5, 0.6) is 0 Å². The van der Waals surface area contributed by atoms with Crippen molar-refractivity contribution in [2.75, 3.05) is 7.05 Å². The van der Waals surface area contributed by atoms with E-state index < -0.39 is 5.60 Å². The van der Waals surface area contributed by atoms with Gasteiger partial charge < -0.3 is 15.4 Å². The van der Waals surface area contributed by atoms with E-state index in [0.29, 0.717) is 11.8 Å². The van der Waals surface area contributed by atoms with Crippen molar-refractivity contribution in [1.29, 1.82) is 0 Å². The van der Waals surface area contributed by atoms with Crippen molar-refractivity contribution in [3.63, 3.8) is 0 Å². The summed E-state index contributed by atoms with van der Waals surface area (Å²) in [5.41, 5.74) is 0.884. The molecule has 2 aliphatic carbocycles. The predicted molar refractivity (Wildman–Crippen MR) is 66.5 cm³/mol. The van der Waals surface area contributed by atoms with Crippen molar-refractivity contribution in [3.05, 3.63) is 11.8 Å². The predicted octanol–water partition coefficient (Wildman–Crippen LogP) is 2.02. The van der Waals surface area contributed by atoms with E-state index in [9.17, 15) is 4.79 Å². The Labute approximate surface area is 103 Å². The standard InChI is InChI=1S/C13H22N2O2/c1-13(2,3)17-12(16)15-11-9-6-5-8(9)10(11)7-14-4/h7-9,11,14H,5-6H2,1-4H3,(H,15,16)/b10-7+/t8?,9?,11-/m1/s1. The van der Waals surface area contributed by atoms with Gasteiger partial charge >= 0.3 is 6.09 Å². The van der Waals surface area contributed by atoms with E-state index >= 15 is 0 Å². The SMILES string of the molecule is CN/C=C1\C2CCC2[C@H]1NC(=O)OC(C)(C)C. The molecule has 0 aliphatic heterocycles. The van der Waals surface area contributed by atoms with Crippen LogP contribution in [0.4, 0.5) is 4.79 Å². The van der Waals surface area contributed by atoms with Gasteiger partial charge in [-0.05, 0) is 57.2 Å². The summed E-state index contributed by atoms with van der Waals surface area (Å²) in [6.07, 6.45) is 4.18. The first-order valence-electron chi connectivity index (χ1n) is 6.29. The lowest BCUT2D eigenvalue weighted by Gasteiger charge is -2.55. The van der Waals surface area contributed by atoms with E-state index in [0.717, 1.165) is 0 Å². The highest BCUT2D eigenvalue weighted by atomic mass is 16.6. The Bertz CT molecular complexity index is 344. The lowest BCUT2D eigenvalue weighted by molar-refractivity contribution is 0.0319. The zero-order valence-electron chi connectivity index (χ0n) is 11.0. The van der Waals surface area contributed by atoms with Crippen molar-refractivity contribution < 1.29 is 9.53 Å². The van der Waals surface area contributed by atoms with Gasteiger partial charge in [0.15, 0.2) is 0 Å². The number of amides is 1. The maximum Gasteiger partial charge on any atom is 0.408 e. The zero-order chi connectivity index (χ0) is 12.6. The number of alkyl carbamates (subject to hydrolysis) is 1. The van der Waals surface area contributed by atoms with Crippen molar-refractivity contribution in [2.24, 2.45) is 11.8 Å². The van der Waals surface area contributed by atoms with Crippen LogP contribution >= 0.6 is 0 Å². The van der Waals surface area contributed by atoms with Gasteiger partial charge in [0, 0.05) is 7.05 Å². The summed E-state index contributed by atoms with van der Waals surface area (Å²) in [6.45, 7) is 5.64. The molecule has 2 saturated carbocycles. The summed E-state index contributed by atoms with van der Waals surface area (Å²) in [5.74, 6) is 1.31. The molecule has 4 nitrogen and oxygen atoms in total. The molecule has 0 aromatic carbocycles. The molecule has 3 atom stereocenters. The van der Waals surface area contributed by atoms with Crippen molar-refractivity contribution in [2.45, 2.75) is 45.3 Å². The third kappa shape index (κ3) is 2.40. The molecule has 2 N–H and O–H groups in total. The summed E-state index contributed by atoms with van der Waals surface area (Å²) >= 11 is 0. The van der Waals surface area contributed by atoms with E-state index in [1.807, 2.05) is 34.0 Å². The molecule has 0 aromatic heterocycles. The second kappa shape index (κ2) is 4.24. The van der Waals surface area contributed by atoms with Crippen LogP contribution < -0.4 is 10.6 Å². The second-order valence-corrected chi connectivity index (χ2v) is 5.90. The highest BCUT2D eigenvalue weighted by Crippen LogP contribution is 2.53. The van der Waals surface area contributed by atoms with Crippen LogP contribution in [0.15, 0.2) is 11.8 Å². The smallest absolute Gasteiger partial charge is 0.408 e. The largest absolute Gasteiger partial charge is 0.444 e. The van der Waals surface area contributed by atoms with Gasteiger partial charge in [0.05, 0.1) is 6.04 Å². The molecule has 17 heavy (non-hydrogen) atoms. The molecule has 0 heterocycles. The zero-order valence-corrected chi connectivity index (χ0v) is 11.0. The minimum atomic E-state index is -0.431. The lowest BCUT2D eigenvalue weighted by Crippen LogP contribution is -2.60. The van der Waals surface area contributed by atoms with E-state index in [1.54, 1.807) is 0 Å². The number of hydrogen-bond acceptors (Lipinski definition) is 3. The molecule has 0 spiro atoms. The monoisotopic (exact) mass is 238 g/mol. The third-order valence-corrected chi connectivity index (χ3v) is 3.53. The van der Waals surface area contributed by atoms with Gasteiger partial charge in [-0.25, -0.2) is 4.79 Å². The minimum absolute atomic E-state index is 0.177. The molecule has 96 valence electrons. The summed E-state index contributed by atoms with van der Waals surface area (Å²) in [4.78, 5) is 11.7. The van der Waals surface area contributed by atoms with E-state index in [2.05, 4.69) is 10.6 Å². The number of ether oxygens (including phenoxy) is 1. The third-order valence-electron chi connectivity index (χ3n) is 3.53. The molecule has 0 aromatic rings. The van der Waals surface area contributed by atoms with Crippen LogP contribution in [0.25, 0.3) is 0 Å². The Hall–Kier alpha value is -1.19. The first kappa shape index (κ1) is 12.3. The Kier molecular flexibility index (Phi) is 3.06. The molecule has 2 rings (SSSR count). The van der Waals surface area contributed by atoms with E-state index in [1.165, 1.54) is 18.4 Å². The molecule has 2 unspecified atom stereocenters. The van der Waals surface area contributed by atoms with Crippen molar-refractivity contribution in [3.8, 4) is 0 Å². The first-order valence-corrected chi connectivity index (χ1v) is 6.29. The Balaban J connectivity index is 1.90. The number of carbonyl (C=O) groups excluding carboxylic acids is 1. The van der Waals surface area contributed by atoms with Crippen LogP contribution in [0, 0.1) is 11.8 Å². The average molecular weight is 238 g/mol. The number of carbonyl (C=O) groups is 1. The van der Waals surface area contributed by atoms with Crippen LogP contribution in [-0.2, 0) is 4.74 Å². The molecule has 1 amide bonds. The molecule has 4 heteroatoms. The Morgan fingerprint density at radius 2 is 2.12 bits per heavy atom. The number of fused-ring (bicyclic) bond motifs is 1. The van der Waals surface area contributed by atoms with Crippen LogP contribution in [0.2, 0.25) is 0 Å². The molecule has 0 bridgehead atoms. The number of rotatable bonds is 2. The summed E-state index contributed by atoms with van der Waals surface area (Å²) in [6, 6.07) is 0.177. The number of hydrogen-bond donors (Lipinski definition) is 2. The van der Waals surface area contributed by atoms with E-state index in [4.69, 9.17) is 4.74 Å². The van der Waals surface area contributed by atoms with Crippen molar-refractivity contribution >= 4 is 6.09 Å². The van der Waals surface area contributed by atoms with Gasteiger partial charge in [-0.15, -0.1) is 0 Å². The molecule has 2 fully saturated rings. The van der Waals surface area contributed by atoms with Gasteiger partial charge in [0.2, 0.25) is 0 Å². The molecular formula is C13H22N2O2. The van der Waals surface area contributed by atoms with Gasteiger partial charge in [-0.1, -0.05) is 0 Å².